The Balaban J connectivity index is 1.21. The van der Waals surface area contributed by atoms with Crippen molar-refractivity contribution in [1.82, 2.24) is 15.1 Å². The summed E-state index contributed by atoms with van der Waals surface area (Å²) in [5, 5.41) is 2.34. The summed E-state index contributed by atoms with van der Waals surface area (Å²) in [6, 6.07) is 5.13. The molecule has 3 aliphatic heterocycles. The molecule has 2 saturated heterocycles. The number of nitrogens with two attached hydrogens (primary N) is 1. The Morgan fingerprint density at radius 1 is 1.00 bits per heavy atom. The van der Waals surface area contributed by atoms with Crippen molar-refractivity contribution in [2.75, 3.05) is 13.1 Å². The molecule has 35 heavy (non-hydrogen) atoms. The van der Waals surface area contributed by atoms with Gasteiger partial charge in [0, 0.05) is 55.1 Å². The van der Waals surface area contributed by atoms with Crippen LogP contribution >= 0.6 is 0 Å². The van der Waals surface area contributed by atoms with Crippen LogP contribution in [0.3, 0.4) is 0 Å². The lowest BCUT2D eigenvalue weighted by atomic mass is 9.85. The molecule has 5 rings (SSSR count). The van der Waals surface area contributed by atoms with Gasteiger partial charge < -0.3 is 15.5 Å². The topological polar surface area (TPSA) is 113 Å². The molecule has 0 aromatic heterocycles. The molecule has 1 saturated carbocycles. The molecular weight excluding hydrogens is 444 g/mol. The van der Waals surface area contributed by atoms with Crippen molar-refractivity contribution < 1.29 is 19.2 Å². The van der Waals surface area contributed by atoms with E-state index in [9.17, 15) is 19.2 Å². The van der Waals surface area contributed by atoms with Gasteiger partial charge >= 0.3 is 0 Å². The van der Waals surface area contributed by atoms with Crippen LogP contribution in [0.2, 0.25) is 0 Å². The molecule has 4 aliphatic rings. The highest BCUT2D eigenvalue weighted by Gasteiger charge is 2.39. The Labute approximate surface area is 205 Å². The number of fused-ring (bicyclic) bond motifs is 1. The number of imide groups is 1. The zero-order chi connectivity index (χ0) is 24.5. The minimum atomic E-state index is -0.629. The quantitative estimate of drug-likeness (QED) is 0.497. The van der Waals surface area contributed by atoms with Crippen LogP contribution in [0, 0.1) is 23.7 Å². The number of nitrogens with one attached hydrogen (secondary N) is 1. The summed E-state index contributed by atoms with van der Waals surface area (Å²) in [5.74, 6) is 6.38. The second-order valence-electron chi connectivity index (χ2n) is 10.2. The lowest BCUT2D eigenvalue weighted by molar-refractivity contribution is -0.138. The first kappa shape index (κ1) is 23.6. The summed E-state index contributed by atoms with van der Waals surface area (Å²) < 4.78 is 0. The largest absolute Gasteiger partial charge is 0.342 e. The van der Waals surface area contributed by atoms with Crippen molar-refractivity contribution in [3.8, 4) is 11.8 Å². The highest BCUT2D eigenvalue weighted by Crippen LogP contribution is 2.30. The van der Waals surface area contributed by atoms with E-state index in [1.165, 1.54) is 0 Å². The molecular formula is C27H32N4O4. The maximum atomic E-state index is 13.0. The number of rotatable bonds is 2. The van der Waals surface area contributed by atoms with Gasteiger partial charge in [-0.25, -0.2) is 0 Å². The van der Waals surface area contributed by atoms with Gasteiger partial charge in [-0.3, -0.25) is 24.5 Å². The Kier molecular flexibility index (Phi) is 6.61. The predicted octanol–water partition coefficient (Wildman–Crippen LogP) is 1.56. The van der Waals surface area contributed by atoms with E-state index in [1.54, 1.807) is 11.0 Å². The molecule has 0 radical (unpaired) electrons. The number of carbonyl (C=O) groups excluding carboxylic acids is 4. The predicted molar refractivity (Wildman–Crippen MR) is 129 cm³/mol. The van der Waals surface area contributed by atoms with Gasteiger partial charge in [-0.15, -0.1) is 0 Å². The molecule has 3 N–H and O–H groups in total. The van der Waals surface area contributed by atoms with Crippen LogP contribution in [-0.4, -0.2) is 58.6 Å². The molecule has 4 amide bonds. The molecule has 3 heterocycles. The summed E-state index contributed by atoms with van der Waals surface area (Å²) in [4.78, 5) is 53.2. The van der Waals surface area contributed by atoms with E-state index in [2.05, 4.69) is 17.2 Å². The Morgan fingerprint density at radius 3 is 2.46 bits per heavy atom. The molecule has 3 fully saturated rings. The minimum absolute atomic E-state index is 0.120. The number of nitrogens with zero attached hydrogens (tertiary/aromatic N) is 2. The Bertz CT molecular complexity index is 1100. The third-order valence-corrected chi connectivity index (χ3v) is 7.92. The smallest absolute Gasteiger partial charge is 0.255 e. The summed E-state index contributed by atoms with van der Waals surface area (Å²) in [6.07, 6.45) is 5.94. The zero-order valence-electron chi connectivity index (χ0n) is 19.9. The molecule has 0 spiro atoms. The first-order valence-corrected chi connectivity index (χ1v) is 12.7. The lowest BCUT2D eigenvalue weighted by Crippen LogP contribution is -2.52. The van der Waals surface area contributed by atoms with Crippen LogP contribution in [0.25, 0.3) is 0 Å². The molecule has 1 atom stereocenters. The van der Waals surface area contributed by atoms with Crippen LogP contribution in [-0.2, 0) is 20.9 Å². The molecule has 1 unspecified atom stereocenters. The van der Waals surface area contributed by atoms with Crippen LogP contribution in [0.15, 0.2) is 18.2 Å². The second-order valence-corrected chi connectivity index (χ2v) is 10.2. The van der Waals surface area contributed by atoms with Crippen molar-refractivity contribution >= 4 is 23.6 Å². The maximum absolute atomic E-state index is 13.0. The maximum Gasteiger partial charge on any atom is 0.255 e. The van der Waals surface area contributed by atoms with Gasteiger partial charge in [0.25, 0.3) is 5.91 Å². The number of benzene rings is 1. The summed E-state index contributed by atoms with van der Waals surface area (Å²) in [5.41, 5.74) is 8.21. The number of piperidine rings is 2. The highest BCUT2D eigenvalue weighted by atomic mass is 16.2. The average molecular weight is 477 g/mol. The summed E-state index contributed by atoms with van der Waals surface area (Å²) in [6.45, 7) is 1.79. The molecule has 8 heteroatoms. The third kappa shape index (κ3) is 4.83. The Hall–Kier alpha value is -3.18. The van der Waals surface area contributed by atoms with Crippen molar-refractivity contribution in [1.29, 1.82) is 0 Å². The van der Waals surface area contributed by atoms with Gasteiger partial charge in [0.15, 0.2) is 0 Å². The van der Waals surface area contributed by atoms with E-state index in [0.29, 0.717) is 18.5 Å². The van der Waals surface area contributed by atoms with Crippen molar-refractivity contribution in [3.05, 3.63) is 34.9 Å². The fraction of sp³-hybridized carbons (Fsp3) is 0.556. The van der Waals surface area contributed by atoms with Crippen LogP contribution in [0.4, 0.5) is 0 Å². The molecule has 1 aromatic carbocycles. The van der Waals surface area contributed by atoms with Crippen LogP contribution in [0.5, 0.6) is 0 Å². The average Bonchev–Trinajstić information content (AvgIpc) is 3.20. The van der Waals surface area contributed by atoms with Gasteiger partial charge in [-0.1, -0.05) is 17.9 Å². The van der Waals surface area contributed by atoms with Crippen molar-refractivity contribution in [2.45, 2.75) is 70.0 Å². The lowest BCUT2D eigenvalue weighted by Gasteiger charge is -2.34. The van der Waals surface area contributed by atoms with Gasteiger partial charge in [-0.2, -0.15) is 0 Å². The first-order valence-electron chi connectivity index (χ1n) is 12.7. The van der Waals surface area contributed by atoms with E-state index in [-0.39, 0.29) is 42.0 Å². The monoisotopic (exact) mass is 476 g/mol. The van der Waals surface area contributed by atoms with Crippen molar-refractivity contribution in [3.63, 3.8) is 0 Å². The fourth-order valence-corrected chi connectivity index (χ4v) is 5.75. The SMILES string of the molecule is NC1CCC(C(=O)N2CCC(C#Cc3cccc4c3CN(C3CCC(=O)NC3=O)C4=O)CC2)CC1. The van der Waals surface area contributed by atoms with Gasteiger partial charge in [-0.05, 0) is 62.6 Å². The van der Waals surface area contributed by atoms with Gasteiger partial charge in [0.2, 0.25) is 17.7 Å². The molecule has 184 valence electrons. The van der Waals surface area contributed by atoms with E-state index in [4.69, 9.17) is 5.73 Å². The fourth-order valence-electron chi connectivity index (χ4n) is 5.75. The standard InChI is InChI=1S/C27H32N4O4/c28-20-8-6-19(7-9-20)26(34)30-14-12-17(13-15-30)4-5-18-2-1-3-21-22(18)16-31(27(21)35)23-10-11-24(32)29-25(23)33/h1-3,17,19-20,23H,6-16,28H2,(H,29,32,33). The molecule has 1 aromatic rings. The molecule has 8 nitrogen and oxygen atoms in total. The van der Waals surface area contributed by atoms with E-state index >= 15 is 0 Å². The summed E-state index contributed by atoms with van der Waals surface area (Å²) >= 11 is 0. The number of hydrogen-bond acceptors (Lipinski definition) is 5. The summed E-state index contributed by atoms with van der Waals surface area (Å²) in [7, 11) is 0. The number of likely N-dealkylation sites (tertiary alicyclic amines) is 1. The zero-order valence-corrected chi connectivity index (χ0v) is 19.9. The van der Waals surface area contributed by atoms with E-state index < -0.39 is 11.9 Å². The third-order valence-electron chi connectivity index (χ3n) is 7.92. The second kappa shape index (κ2) is 9.82. The normalized spacial score (nSPS) is 27.2. The van der Waals surface area contributed by atoms with Crippen molar-refractivity contribution in [2.24, 2.45) is 17.6 Å². The molecule has 0 bridgehead atoms. The Morgan fingerprint density at radius 2 is 1.74 bits per heavy atom. The van der Waals surface area contributed by atoms with Crippen LogP contribution < -0.4 is 11.1 Å². The number of hydrogen-bond donors (Lipinski definition) is 2. The van der Waals surface area contributed by atoms with Crippen LogP contribution in [0.1, 0.15) is 72.9 Å². The minimum Gasteiger partial charge on any atom is -0.342 e. The number of carbonyl (C=O) groups is 4. The van der Waals surface area contributed by atoms with E-state index in [1.807, 2.05) is 17.0 Å². The first-order chi connectivity index (χ1) is 16.9. The number of amides is 4. The highest BCUT2D eigenvalue weighted by molar-refractivity contribution is 6.05. The molecule has 1 aliphatic carbocycles. The van der Waals surface area contributed by atoms with Gasteiger partial charge in [0.1, 0.15) is 6.04 Å². The van der Waals surface area contributed by atoms with E-state index in [0.717, 1.165) is 62.7 Å². The van der Waals surface area contributed by atoms with Gasteiger partial charge in [0.05, 0.1) is 0 Å².